The lowest BCUT2D eigenvalue weighted by Gasteiger charge is -2.35. The van der Waals surface area contributed by atoms with E-state index in [1.165, 1.54) is 11.3 Å². The lowest BCUT2D eigenvalue weighted by molar-refractivity contribution is -0.200. The van der Waals surface area contributed by atoms with Gasteiger partial charge in [0, 0.05) is 24.1 Å². The number of thiophene rings is 1. The third kappa shape index (κ3) is 4.44. The Morgan fingerprint density at radius 2 is 2.13 bits per heavy atom. The lowest BCUT2D eigenvalue weighted by Crippen LogP contribution is -2.45. The average molecular weight is 451 g/mol. The smallest absolute Gasteiger partial charge is 0.245 e. The van der Waals surface area contributed by atoms with E-state index in [0.717, 1.165) is 29.8 Å². The highest BCUT2D eigenvalue weighted by Crippen LogP contribution is 2.47. The Morgan fingerprint density at radius 3 is 2.87 bits per heavy atom. The van der Waals surface area contributed by atoms with Gasteiger partial charge in [-0.3, -0.25) is 9.78 Å². The van der Waals surface area contributed by atoms with Crippen LogP contribution in [0.2, 0.25) is 0 Å². The number of nitrogens with one attached hydrogen (secondary N) is 1. The first kappa shape index (κ1) is 21.4. The Balaban J connectivity index is 1.57. The summed E-state index contributed by atoms with van der Waals surface area (Å²) in [6.07, 6.45) is 5.54. The van der Waals surface area contributed by atoms with Gasteiger partial charge in [0.25, 0.3) is 0 Å². The third-order valence-corrected chi connectivity index (χ3v) is 9.73. The molecule has 0 aliphatic carbocycles. The second kappa shape index (κ2) is 9.13. The fourth-order valence-corrected chi connectivity index (χ4v) is 7.83. The van der Waals surface area contributed by atoms with E-state index in [4.69, 9.17) is 9.57 Å². The van der Waals surface area contributed by atoms with E-state index in [1.54, 1.807) is 6.20 Å². The van der Waals surface area contributed by atoms with Gasteiger partial charge >= 0.3 is 0 Å². The van der Waals surface area contributed by atoms with Crippen LogP contribution in [0.4, 0.5) is 0 Å². The van der Waals surface area contributed by atoms with Gasteiger partial charge in [-0.25, -0.2) is 18.7 Å². The molecule has 0 radical (unpaired) electrons. The molecule has 1 N–H and O–H groups in total. The average Bonchev–Trinajstić information content (AvgIpc) is 3.26. The van der Waals surface area contributed by atoms with Crippen LogP contribution < -0.4 is 5.48 Å². The molecule has 2 aliphatic heterocycles. The number of hydrogen-bond acceptors (Lipinski definition) is 7. The number of pyridine rings is 1. The number of carbonyl (C=O) groups is 1. The molecular formula is C21H26N2O5S2. The molecular weight excluding hydrogens is 424 g/mol. The van der Waals surface area contributed by atoms with Gasteiger partial charge in [0.15, 0.2) is 16.1 Å². The topological polar surface area (TPSA) is 94.6 Å². The molecule has 2 atom stereocenters. The van der Waals surface area contributed by atoms with Crippen LogP contribution in [0.25, 0.3) is 10.6 Å². The number of rotatable bonds is 6. The monoisotopic (exact) mass is 450 g/mol. The number of carbonyl (C=O) groups excluding carboxylic acids is 1. The van der Waals surface area contributed by atoms with Crippen LogP contribution in [0.5, 0.6) is 0 Å². The van der Waals surface area contributed by atoms with Crippen molar-refractivity contribution in [3.05, 3.63) is 41.4 Å². The van der Waals surface area contributed by atoms with E-state index in [0.29, 0.717) is 30.7 Å². The number of nitrogens with zero attached hydrogens (tertiary/aromatic N) is 1. The standard InChI is InChI=1S/C21H26N2O5S2/c24-19(23-28-20-8-2-5-13-27-20)15-21(11-3-6-14-30(21,25)26)18-10-9-17(29-18)16-7-1-4-12-22-16/h1,4,7,9-10,12,20H,2-3,5-6,8,11,13-15H2,(H,23,24)/t20?,21-/m0/s1. The van der Waals surface area contributed by atoms with Crippen molar-refractivity contribution in [1.29, 1.82) is 0 Å². The lowest BCUT2D eigenvalue weighted by atomic mass is 9.94. The minimum atomic E-state index is -3.50. The van der Waals surface area contributed by atoms with Crippen molar-refractivity contribution in [2.45, 2.75) is 56.0 Å². The summed E-state index contributed by atoms with van der Waals surface area (Å²) in [6.45, 7) is 0.602. The van der Waals surface area contributed by atoms with Crippen molar-refractivity contribution < 1.29 is 22.8 Å². The number of sulfone groups is 1. The van der Waals surface area contributed by atoms with E-state index in [-0.39, 0.29) is 12.2 Å². The highest BCUT2D eigenvalue weighted by Gasteiger charge is 2.49. The van der Waals surface area contributed by atoms with Crippen LogP contribution in [0.15, 0.2) is 36.5 Å². The molecule has 0 saturated carbocycles. The Labute approximate surface area is 180 Å². The Morgan fingerprint density at radius 1 is 1.23 bits per heavy atom. The minimum absolute atomic E-state index is 0.0870. The number of ether oxygens (including phenoxy) is 1. The summed E-state index contributed by atoms with van der Waals surface area (Å²) in [7, 11) is -3.50. The van der Waals surface area contributed by atoms with Crippen LogP contribution in [0, 0.1) is 0 Å². The minimum Gasteiger partial charge on any atom is -0.350 e. The Hall–Kier alpha value is -1.81. The van der Waals surface area contributed by atoms with Gasteiger partial charge in [-0.15, -0.1) is 11.3 Å². The molecule has 2 aromatic rings. The molecule has 4 rings (SSSR count). The number of aromatic nitrogens is 1. The zero-order chi connectivity index (χ0) is 21.0. The van der Waals surface area contributed by atoms with Gasteiger partial charge in [0.05, 0.1) is 22.7 Å². The first-order valence-electron chi connectivity index (χ1n) is 10.3. The van der Waals surface area contributed by atoms with Crippen molar-refractivity contribution in [2.24, 2.45) is 0 Å². The maximum Gasteiger partial charge on any atom is 0.245 e. The van der Waals surface area contributed by atoms with E-state index in [9.17, 15) is 13.2 Å². The summed E-state index contributed by atoms with van der Waals surface area (Å²) in [5.41, 5.74) is 3.23. The Bertz CT molecular complexity index is 970. The molecule has 1 unspecified atom stereocenters. The van der Waals surface area contributed by atoms with E-state index in [1.807, 2.05) is 30.3 Å². The first-order chi connectivity index (χ1) is 14.5. The van der Waals surface area contributed by atoms with Crippen LogP contribution >= 0.6 is 11.3 Å². The van der Waals surface area contributed by atoms with Crippen LogP contribution in [-0.4, -0.2) is 38.0 Å². The van der Waals surface area contributed by atoms with Crippen molar-refractivity contribution in [3.63, 3.8) is 0 Å². The first-order valence-corrected chi connectivity index (χ1v) is 12.8. The molecule has 30 heavy (non-hydrogen) atoms. The zero-order valence-corrected chi connectivity index (χ0v) is 18.3. The van der Waals surface area contributed by atoms with Crippen LogP contribution in [0.3, 0.4) is 0 Å². The van der Waals surface area contributed by atoms with Crippen molar-refractivity contribution >= 4 is 27.1 Å². The molecule has 162 valence electrons. The predicted octanol–water partition coefficient (Wildman–Crippen LogP) is 3.57. The van der Waals surface area contributed by atoms with Crippen molar-refractivity contribution in [1.82, 2.24) is 10.5 Å². The summed E-state index contributed by atoms with van der Waals surface area (Å²) in [4.78, 5) is 24.1. The highest BCUT2D eigenvalue weighted by molar-refractivity contribution is 7.92. The largest absolute Gasteiger partial charge is 0.350 e. The second-order valence-corrected chi connectivity index (χ2v) is 11.3. The predicted molar refractivity (Wildman–Crippen MR) is 114 cm³/mol. The molecule has 4 heterocycles. The second-order valence-electron chi connectivity index (χ2n) is 7.77. The van der Waals surface area contributed by atoms with Gasteiger partial charge in [-0.2, -0.15) is 0 Å². The van der Waals surface area contributed by atoms with Gasteiger partial charge in [0.2, 0.25) is 5.91 Å². The molecule has 2 aliphatic rings. The summed E-state index contributed by atoms with van der Waals surface area (Å²) in [5, 5.41) is 0. The molecule has 9 heteroatoms. The number of hydrogen-bond donors (Lipinski definition) is 1. The van der Waals surface area contributed by atoms with Gasteiger partial charge < -0.3 is 4.74 Å². The summed E-state index contributed by atoms with van der Waals surface area (Å²) in [6, 6.07) is 9.34. The fraction of sp³-hybridized carbons (Fsp3) is 0.524. The summed E-state index contributed by atoms with van der Waals surface area (Å²) in [5.74, 6) is -0.355. The fourth-order valence-electron chi connectivity index (χ4n) is 4.08. The summed E-state index contributed by atoms with van der Waals surface area (Å²) >= 11 is 1.39. The Kier molecular flexibility index (Phi) is 6.52. The quantitative estimate of drug-likeness (QED) is 0.676. The van der Waals surface area contributed by atoms with Crippen LogP contribution in [-0.2, 0) is 29.0 Å². The van der Waals surface area contributed by atoms with Crippen molar-refractivity contribution in [2.75, 3.05) is 12.4 Å². The molecule has 1 amide bonds. The zero-order valence-electron chi connectivity index (χ0n) is 16.7. The molecule has 2 fully saturated rings. The molecule has 2 saturated heterocycles. The van der Waals surface area contributed by atoms with E-state index < -0.39 is 26.8 Å². The molecule has 2 aromatic heterocycles. The molecule has 0 bridgehead atoms. The van der Waals surface area contributed by atoms with Crippen molar-refractivity contribution in [3.8, 4) is 10.6 Å². The highest BCUT2D eigenvalue weighted by atomic mass is 32.2. The van der Waals surface area contributed by atoms with E-state index >= 15 is 0 Å². The number of amides is 1. The normalized spacial score (nSPS) is 26.2. The van der Waals surface area contributed by atoms with Crippen LogP contribution in [0.1, 0.15) is 49.8 Å². The molecule has 0 aromatic carbocycles. The number of hydroxylamine groups is 1. The van der Waals surface area contributed by atoms with E-state index in [2.05, 4.69) is 10.5 Å². The van der Waals surface area contributed by atoms with Gasteiger partial charge in [-0.1, -0.05) is 12.5 Å². The maximum atomic E-state index is 13.2. The van der Waals surface area contributed by atoms with Gasteiger partial charge in [0.1, 0.15) is 4.75 Å². The van der Waals surface area contributed by atoms with Gasteiger partial charge in [-0.05, 0) is 49.9 Å². The maximum absolute atomic E-state index is 13.2. The summed E-state index contributed by atoms with van der Waals surface area (Å²) < 4.78 is 30.7. The molecule has 0 spiro atoms. The molecule has 7 nitrogen and oxygen atoms in total. The third-order valence-electron chi connectivity index (χ3n) is 5.70. The SMILES string of the molecule is O=C(C[C@]1(c2ccc(-c3ccccn3)s2)CCCCS1(=O)=O)NOC1CCCCO1.